The van der Waals surface area contributed by atoms with Crippen LogP contribution in [0.1, 0.15) is 24.2 Å². The fourth-order valence-electron chi connectivity index (χ4n) is 2.41. The van der Waals surface area contributed by atoms with E-state index in [1.54, 1.807) is 32.0 Å². The number of methoxy groups -OCH3 is 2. The average molecular weight is 332 g/mol. The smallest absolute Gasteiger partial charge is 0.328 e. The summed E-state index contributed by atoms with van der Waals surface area (Å²) in [5.74, 6) is -0.866. The van der Waals surface area contributed by atoms with Crippen molar-refractivity contribution >= 4 is 22.8 Å². The van der Waals surface area contributed by atoms with Crippen molar-refractivity contribution in [3.05, 3.63) is 40.2 Å². The molecule has 0 spiro atoms. The van der Waals surface area contributed by atoms with Crippen LogP contribution in [0.2, 0.25) is 0 Å². The summed E-state index contributed by atoms with van der Waals surface area (Å²) in [5.41, 5.74) is -0.00671. The van der Waals surface area contributed by atoms with Gasteiger partial charge in [0.1, 0.15) is 17.4 Å². The molecule has 0 aliphatic carbocycles. The van der Waals surface area contributed by atoms with Gasteiger partial charge in [-0.3, -0.25) is 9.59 Å². The highest BCUT2D eigenvalue weighted by Crippen LogP contribution is 2.20. The lowest BCUT2D eigenvalue weighted by Gasteiger charge is -2.19. The molecule has 1 heterocycles. The van der Waals surface area contributed by atoms with Gasteiger partial charge in [-0.25, -0.2) is 4.79 Å². The van der Waals surface area contributed by atoms with Crippen LogP contribution in [0.25, 0.3) is 10.9 Å². The molecule has 2 rings (SSSR count). The standard InChI is InChI=1S/C17H20N2O5/c1-9(2)13(17(22)24-4)19-16(21)11-8-18-14-10(15(11)20)6-5-7-12(14)23-3/h5-9,13H,1-4H3,(H,18,20)(H,19,21)/t13-/m0/s1. The number of nitrogens with one attached hydrogen (secondary N) is 2. The number of pyridine rings is 1. The van der Waals surface area contributed by atoms with Crippen LogP contribution < -0.4 is 15.5 Å². The van der Waals surface area contributed by atoms with E-state index >= 15 is 0 Å². The van der Waals surface area contributed by atoms with Gasteiger partial charge in [0, 0.05) is 6.20 Å². The summed E-state index contributed by atoms with van der Waals surface area (Å²) in [6.07, 6.45) is 1.32. The predicted octanol–water partition coefficient (Wildman–Crippen LogP) is 1.46. The fraction of sp³-hybridized carbons (Fsp3) is 0.353. The highest BCUT2D eigenvalue weighted by atomic mass is 16.5. The zero-order valence-electron chi connectivity index (χ0n) is 14.0. The molecule has 0 saturated heterocycles. The Morgan fingerprint density at radius 2 is 1.92 bits per heavy atom. The minimum atomic E-state index is -0.831. The van der Waals surface area contributed by atoms with E-state index in [9.17, 15) is 14.4 Å². The van der Waals surface area contributed by atoms with Crippen LogP contribution in [0, 0.1) is 5.92 Å². The van der Waals surface area contributed by atoms with E-state index in [4.69, 9.17) is 4.74 Å². The van der Waals surface area contributed by atoms with Gasteiger partial charge in [-0.05, 0) is 18.1 Å². The zero-order chi connectivity index (χ0) is 17.9. The number of rotatable bonds is 5. The lowest BCUT2D eigenvalue weighted by atomic mass is 10.0. The Kier molecular flexibility index (Phi) is 5.23. The zero-order valence-corrected chi connectivity index (χ0v) is 14.0. The van der Waals surface area contributed by atoms with Gasteiger partial charge in [-0.15, -0.1) is 0 Å². The third kappa shape index (κ3) is 3.24. The number of H-pyrrole nitrogens is 1. The maximum Gasteiger partial charge on any atom is 0.328 e. The molecule has 7 nitrogen and oxygen atoms in total. The van der Waals surface area contributed by atoms with E-state index < -0.39 is 23.3 Å². The summed E-state index contributed by atoms with van der Waals surface area (Å²) in [6, 6.07) is 4.16. The van der Waals surface area contributed by atoms with Gasteiger partial charge in [0.15, 0.2) is 0 Å². The lowest BCUT2D eigenvalue weighted by molar-refractivity contribution is -0.144. The fourth-order valence-corrected chi connectivity index (χ4v) is 2.41. The van der Waals surface area contributed by atoms with Gasteiger partial charge >= 0.3 is 5.97 Å². The molecule has 2 N–H and O–H groups in total. The molecular weight excluding hydrogens is 312 g/mol. The molecule has 24 heavy (non-hydrogen) atoms. The molecule has 1 aromatic heterocycles. The Balaban J connectivity index is 2.42. The normalized spacial score (nSPS) is 12.0. The molecule has 1 amide bonds. The number of carbonyl (C=O) groups is 2. The van der Waals surface area contributed by atoms with Crippen molar-refractivity contribution in [3.8, 4) is 5.75 Å². The molecule has 0 unspecified atom stereocenters. The molecule has 2 aromatic rings. The number of amides is 1. The van der Waals surface area contributed by atoms with E-state index in [-0.39, 0.29) is 11.5 Å². The number of aromatic nitrogens is 1. The first-order chi connectivity index (χ1) is 11.4. The van der Waals surface area contributed by atoms with Crippen LogP contribution in [0.4, 0.5) is 0 Å². The molecule has 0 aliphatic heterocycles. The van der Waals surface area contributed by atoms with Gasteiger partial charge in [0.05, 0.1) is 25.1 Å². The van der Waals surface area contributed by atoms with Gasteiger partial charge in [-0.1, -0.05) is 19.9 Å². The first kappa shape index (κ1) is 17.5. The molecular formula is C17H20N2O5. The molecule has 0 aliphatic rings. The van der Waals surface area contributed by atoms with E-state index in [2.05, 4.69) is 15.0 Å². The maximum absolute atomic E-state index is 12.6. The molecule has 0 bridgehead atoms. The molecule has 0 fully saturated rings. The molecule has 0 saturated carbocycles. The number of esters is 1. The van der Waals surface area contributed by atoms with Crippen LogP contribution in [-0.2, 0) is 9.53 Å². The summed E-state index contributed by atoms with van der Waals surface area (Å²) >= 11 is 0. The lowest BCUT2D eigenvalue weighted by Crippen LogP contribution is -2.46. The Labute approximate surface area is 139 Å². The minimum Gasteiger partial charge on any atom is -0.495 e. The van der Waals surface area contributed by atoms with Crippen molar-refractivity contribution in [2.75, 3.05) is 14.2 Å². The second-order valence-corrected chi connectivity index (χ2v) is 5.63. The summed E-state index contributed by atoms with van der Waals surface area (Å²) < 4.78 is 9.88. The average Bonchev–Trinajstić information content (AvgIpc) is 2.58. The molecule has 7 heteroatoms. The Morgan fingerprint density at radius 1 is 1.21 bits per heavy atom. The van der Waals surface area contributed by atoms with Gasteiger partial charge in [0.25, 0.3) is 5.91 Å². The topological polar surface area (TPSA) is 97.5 Å². The molecule has 128 valence electrons. The van der Waals surface area contributed by atoms with Crippen molar-refractivity contribution in [2.24, 2.45) is 5.92 Å². The van der Waals surface area contributed by atoms with Gasteiger partial charge < -0.3 is 19.8 Å². The first-order valence-corrected chi connectivity index (χ1v) is 7.47. The number of fused-ring (bicyclic) bond motifs is 1. The first-order valence-electron chi connectivity index (χ1n) is 7.47. The number of para-hydroxylation sites is 1. The van der Waals surface area contributed by atoms with Gasteiger partial charge in [0.2, 0.25) is 5.43 Å². The second kappa shape index (κ2) is 7.16. The van der Waals surface area contributed by atoms with E-state index in [0.29, 0.717) is 16.7 Å². The minimum absolute atomic E-state index is 0.0784. The largest absolute Gasteiger partial charge is 0.495 e. The number of hydrogen-bond donors (Lipinski definition) is 2. The Hall–Kier alpha value is -2.83. The van der Waals surface area contributed by atoms with Crippen LogP contribution in [0.3, 0.4) is 0 Å². The number of hydrogen-bond acceptors (Lipinski definition) is 5. The number of benzene rings is 1. The Morgan fingerprint density at radius 3 is 2.50 bits per heavy atom. The molecule has 1 atom stereocenters. The van der Waals surface area contributed by atoms with Crippen molar-refractivity contribution in [3.63, 3.8) is 0 Å². The van der Waals surface area contributed by atoms with Gasteiger partial charge in [-0.2, -0.15) is 0 Å². The highest BCUT2D eigenvalue weighted by molar-refractivity contribution is 5.99. The van der Waals surface area contributed by atoms with Crippen LogP contribution in [0.15, 0.2) is 29.2 Å². The third-order valence-corrected chi connectivity index (χ3v) is 3.75. The highest BCUT2D eigenvalue weighted by Gasteiger charge is 2.26. The van der Waals surface area contributed by atoms with Crippen molar-refractivity contribution in [1.82, 2.24) is 10.3 Å². The quantitative estimate of drug-likeness (QED) is 0.808. The second-order valence-electron chi connectivity index (χ2n) is 5.63. The number of carbonyl (C=O) groups excluding carboxylic acids is 2. The van der Waals surface area contributed by atoms with Crippen LogP contribution in [-0.4, -0.2) is 37.1 Å². The van der Waals surface area contributed by atoms with Crippen LogP contribution >= 0.6 is 0 Å². The van der Waals surface area contributed by atoms with E-state index in [0.717, 1.165) is 0 Å². The van der Waals surface area contributed by atoms with Crippen LogP contribution in [0.5, 0.6) is 5.75 Å². The third-order valence-electron chi connectivity index (χ3n) is 3.75. The molecule has 0 radical (unpaired) electrons. The summed E-state index contributed by atoms with van der Waals surface area (Å²) in [6.45, 7) is 3.55. The van der Waals surface area contributed by atoms with E-state index in [1.165, 1.54) is 20.4 Å². The monoisotopic (exact) mass is 332 g/mol. The number of ether oxygens (including phenoxy) is 2. The summed E-state index contributed by atoms with van der Waals surface area (Å²) in [4.78, 5) is 39.7. The van der Waals surface area contributed by atoms with Crippen molar-refractivity contribution in [2.45, 2.75) is 19.9 Å². The molecule has 1 aromatic carbocycles. The Bertz CT molecular complexity index is 825. The van der Waals surface area contributed by atoms with Crippen molar-refractivity contribution in [1.29, 1.82) is 0 Å². The number of aromatic amines is 1. The predicted molar refractivity (Wildman–Crippen MR) is 89.2 cm³/mol. The van der Waals surface area contributed by atoms with Crippen molar-refractivity contribution < 1.29 is 19.1 Å². The summed E-state index contributed by atoms with van der Waals surface area (Å²) in [7, 11) is 2.75. The maximum atomic E-state index is 12.6. The van der Waals surface area contributed by atoms with E-state index in [1.807, 2.05) is 0 Å². The summed E-state index contributed by atoms with van der Waals surface area (Å²) in [5, 5.41) is 2.89. The SMILES string of the molecule is COC(=O)[C@@H](NC(=O)c1c[nH]c2c(OC)cccc2c1=O)C(C)C.